The second-order valence-corrected chi connectivity index (χ2v) is 18.7. The molecule has 11 atom stereocenters. The maximum absolute atomic E-state index is 14.7. The third-order valence-corrected chi connectivity index (χ3v) is 12.7. The van der Waals surface area contributed by atoms with Crippen LogP contribution >= 0.6 is 0 Å². The van der Waals surface area contributed by atoms with Crippen molar-refractivity contribution in [2.75, 3.05) is 19.8 Å². The lowest BCUT2D eigenvalue weighted by molar-refractivity contribution is -0.145. The number of primary amides is 2. The molecule has 3 aromatic rings. The van der Waals surface area contributed by atoms with Gasteiger partial charge in [-0.1, -0.05) is 30.3 Å². The zero-order valence-corrected chi connectivity index (χ0v) is 42.7. The first kappa shape index (κ1) is 62.3. The van der Waals surface area contributed by atoms with Crippen molar-refractivity contribution < 1.29 is 83.4 Å². The van der Waals surface area contributed by atoms with Crippen molar-refractivity contribution in [1.82, 2.24) is 47.1 Å². The molecule has 2 heterocycles. The number of carbonyl (C=O) groups excluding carboxylic acids is 10. The number of carboxylic acids is 1. The first-order valence-corrected chi connectivity index (χ1v) is 24.7. The van der Waals surface area contributed by atoms with Gasteiger partial charge in [-0.25, -0.2) is 4.79 Å². The third-order valence-electron chi connectivity index (χ3n) is 12.7. The van der Waals surface area contributed by atoms with Crippen LogP contribution in [0.4, 0.5) is 0 Å². The highest BCUT2D eigenvalue weighted by Gasteiger charge is 2.41. The fourth-order valence-electron chi connectivity index (χ4n) is 8.33. The summed E-state index contributed by atoms with van der Waals surface area (Å²) in [5.41, 5.74) is 17.7. The summed E-state index contributed by atoms with van der Waals surface area (Å²) in [5, 5.41) is 77.5. The number of aromatic amines is 1. The number of hydrogen-bond donors (Lipinski definition) is 17. The van der Waals surface area contributed by atoms with E-state index in [0.29, 0.717) is 22.0 Å². The van der Waals surface area contributed by atoms with Crippen LogP contribution in [0.3, 0.4) is 0 Å². The van der Waals surface area contributed by atoms with Crippen molar-refractivity contribution in [1.29, 1.82) is 0 Å². The fraction of sp³-hybridized carbons (Fsp3) is 0.490. The second kappa shape index (κ2) is 29.3. The monoisotopic (exact) mass is 1100 g/mol. The molecule has 1 aliphatic heterocycles. The van der Waals surface area contributed by atoms with Gasteiger partial charge in [0.1, 0.15) is 48.0 Å². The van der Waals surface area contributed by atoms with E-state index in [0.717, 1.165) is 18.7 Å². The minimum Gasteiger partial charge on any atom is -0.508 e. The van der Waals surface area contributed by atoms with E-state index in [1.54, 1.807) is 30.5 Å². The average molecular weight is 1100 g/mol. The molecule has 0 saturated carbocycles. The highest BCUT2D eigenvalue weighted by atomic mass is 16.4. The van der Waals surface area contributed by atoms with E-state index >= 15 is 0 Å². The number of aliphatic carboxylic acids is 1. The number of rotatable bonds is 30. The van der Waals surface area contributed by atoms with E-state index in [-0.39, 0.29) is 50.8 Å². The Labute approximate surface area is 445 Å². The van der Waals surface area contributed by atoms with Crippen LogP contribution < -0.4 is 54.4 Å². The molecule has 29 heteroatoms. The quantitative estimate of drug-likeness (QED) is 0.0295. The molecular formula is C49H68N12O17. The van der Waals surface area contributed by atoms with E-state index in [1.807, 2.05) is 0 Å². The lowest BCUT2D eigenvalue weighted by Crippen LogP contribution is -2.63. The maximum atomic E-state index is 14.7. The molecule has 78 heavy (non-hydrogen) atoms. The number of aromatic hydroxyl groups is 1. The number of fused-ring (bicyclic) bond motifs is 1. The van der Waals surface area contributed by atoms with Gasteiger partial charge in [0.2, 0.25) is 59.1 Å². The van der Waals surface area contributed by atoms with Crippen LogP contribution in [0.5, 0.6) is 5.75 Å². The molecular weight excluding hydrogens is 1030 g/mol. The Balaban J connectivity index is 1.55. The number of benzene rings is 2. The van der Waals surface area contributed by atoms with Crippen LogP contribution in [0.25, 0.3) is 10.9 Å². The number of aliphatic hydroxyl groups is 4. The topological polar surface area (TPSA) is 490 Å². The summed E-state index contributed by atoms with van der Waals surface area (Å²) in [4.78, 5) is 149. The van der Waals surface area contributed by atoms with Gasteiger partial charge >= 0.3 is 5.97 Å². The van der Waals surface area contributed by atoms with E-state index in [2.05, 4.69) is 42.2 Å². The molecule has 1 saturated heterocycles. The molecule has 1 aliphatic rings. The third kappa shape index (κ3) is 17.9. The zero-order valence-electron chi connectivity index (χ0n) is 42.7. The summed E-state index contributed by atoms with van der Waals surface area (Å²) in [7, 11) is 0. The van der Waals surface area contributed by atoms with Gasteiger partial charge in [0, 0.05) is 49.3 Å². The van der Waals surface area contributed by atoms with Gasteiger partial charge in [-0.05, 0) is 68.9 Å². The number of hydrogen-bond acceptors (Lipinski definition) is 17. The predicted molar refractivity (Wildman–Crippen MR) is 272 cm³/mol. The summed E-state index contributed by atoms with van der Waals surface area (Å²) in [6, 6.07) is -2.12. The molecule has 29 nitrogen and oxygen atoms in total. The lowest BCUT2D eigenvalue weighted by atomic mass is 10.0. The van der Waals surface area contributed by atoms with Gasteiger partial charge in [-0.2, -0.15) is 0 Å². The lowest BCUT2D eigenvalue weighted by Gasteiger charge is -2.31. The Hall–Kier alpha value is -8.25. The van der Waals surface area contributed by atoms with E-state index in [1.165, 1.54) is 24.3 Å². The van der Waals surface area contributed by atoms with Crippen molar-refractivity contribution in [3.05, 3.63) is 65.9 Å². The van der Waals surface area contributed by atoms with Crippen LogP contribution in [0, 0.1) is 0 Å². The number of para-hydroxylation sites is 1. The standard InChI is InChI=1S/C49H68N12O17/c1-23(64)39(59-45(73)35(22-63)57-42(70)31(14-16-38(52)68)54-41(69)29(50)13-15-37(51)67)47(75)58-34(21-62)44(72)56-33(19-26-20-53-30-7-4-3-6-28(26)30)48(76)61-17-5-8-36(61)46(74)55-32(18-25-9-11-27(66)12-10-25)43(71)60-40(24(2)65)49(77)78/h3-4,6-7,9-12,20,23-24,29,31-36,39-40,53,62-66H,5,8,13-19,21-22,50H2,1-2H3,(H2,51,67)(H2,52,68)(H,54,69)(H,55,74)(H,56,72)(H,57,70)(H,58,75)(H,59,73)(H,60,71)(H,77,78)/t23-,24-,29+,31+,32+,33+,34+,35+,36+,39+,40+/m1/s1. The first-order valence-electron chi connectivity index (χ1n) is 24.7. The minimum atomic E-state index is -1.95. The molecule has 0 radical (unpaired) electrons. The van der Waals surface area contributed by atoms with Crippen LogP contribution in [-0.2, 0) is 65.6 Å². The molecule has 20 N–H and O–H groups in total. The summed E-state index contributed by atoms with van der Waals surface area (Å²) >= 11 is 0. The zero-order chi connectivity index (χ0) is 58.0. The molecule has 0 bridgehead atoms. The van der Waals surface area contributed by atoms with Gasteiger partial charge in [-0.15, -0.1) is 0 Å². The van der Waals surface area contributed by atoms with E-state index < -0.39 is 158 Å². The Kier molecular flexibility index (Phi) is 23.4. The molecule has 1 fully saturated rings. The highest BCUT2D eigenvalue weighted by molar-refractivity contribution is 5.99. The number of nitrogens with one attached hydrogen (secondary N) is 8. The molecule has 10 amide bonds. The Morgan fingerprint density at radius 3 is 1.76 bits per heavy atom. The Morgan fingerprint density at radius 1 is 0.641 bits per heavy atom. The number of nitrogens with zero attached hydrogens (tertiary/aromatic N) is 1. The van der Waals surface area contributed by atoms with Gasteiger partial charge < -0.3 is 94.9 Å². The molecule has 0 unspecified atom stereocenters. The maximum Gasteiger partial charge on any atom is 0.328 e. The number of aromatic nitrogens is 1. The smallest absolute Gasteiger partial charge is 0.328 e. The highest BCUT2D eigenvalue weighted by Crippen LogP contribution is 2.24. The largest absolute Gasteiger partial charge is 0.508 e. The van der Waals surface area contributed by atoms with Crippen molar-refractivity contribution in [2.45, 2.75) is 132 Å². The van der Waals surface area contributed by atoms with Gasteiger partial charge in [0.05, 0.1) is 31.5 Å². The number of nitrogens with two attached hydrogens (primary N) is 3. The number of carboxylic acid groups (broad SMARTS) is 1. The predicted octanol–water partition coefficient (Wildman–Crippen LogP) is -6.27. The number of amides is 10. The fourth-order valence-corrected chi connectivity index (χ4v) is 8.33. The van der Waals surface area contributed by atoms with Gasteiger partial charge in [0.25, 0.3) is 0 Å². The Morgan fingerprint density at radius 2 is 1.17 bits per heavy atom. The molecule has 0 aliphatic carbocycles. The van der Waals surface area contributed by atoms with E-state index in [4.69, 9.17) is 17.2 Å². The molecule has 426 valence electrons. The van der Waals surface area contributed by atoms with Crippen molar-refractivity contribution in [2.24, 2.45) is 17.2 Å². The first-order chi connectivity index (χ1) is 36.8. The molecule has 4 rings (SSSR count). The summed E-state index contributed by atoms with van der Waals surface area (Å²) in [6.45, 7) is -0.0774. The van der Waals surface area contributed by atoms with Crippen molar-refractivity contribution in [3.63, 3.8) is 0 Å². The van der Waals surface area contributed by atoms with Gasteiger partial charge in [-0.3, -0.25) is 47.9 Å². The summed E-state index contributed by atoms with van der Waals surface area (Å²) in [5.74, 6) is -11.7. The second-order valence-electron chi connectivity index (χ2n) is 18.7. The summed E-state index contributed by atoms with van der Waals surface area (Å²) in [6.07, 6.45) is -3.19. The average Bonchev–Trinajstić information content (AvgIpc) is 4.07. The Bertz CT molecular complexity index is 2650. The number of phenols is 1. The van der Waals surface area contributed by atoms with Crippen LogP contribution in [0.2, 0.25) is 0 Å². The van der Waals surface area contributed by atoms with Crippen molar-refractivity contribution >= 4 is 75.9 Å². The van der Waals surface area contributed by atoms with Crippen LogP contribution in [0.1, 0.15) is 63.5 Å². The normalized spacial score (nSPS) is 17.0. The number of carbonyl (C=O) groups is 11. The van der Waals surface area contributed by atoms with Crippen molar-refractivity contribution in [3.8, 4) is 5.75 Å². The summed E-state index contributed by atoms with van der Waals surface area (Å²) < 4.78 is 0. The van der Waals surface area contributed by atoms with Crippen LogP contribution in [-0.4, -0.2) is 192 Å². The van der Waals surface area contributed by atoms with Gasteiger partial charge in [0.15, 0.2) is 6.04 Å². The van der Waals surface area contributed by atoms with Crippen LogP contribution in [0.15, 0.2) is 54.7 Å². The molecule has 2 aromatic carbocycles. The number of likely N-dealkylation sites (tertiary alicyclic amines) is 1. The number of H-pyrrole nitrogens is 1. The number of aliphatic hydroxyl groups excluding tert-OH is 4. The van der Waals surface area contributed by atoms with E-state index in [9.17, 15) is 83.4 Å². The SMILES string of the molecule is C[C@@H](O)[C@H](NC(=O)[C@H](Cc1ccc(O)cc1)NC(=O)[C@@H]1CCCN1C(=O)[C@H](Cc1c[nH]c2ccccc12)NC(=O)[C@H](CO)NC(=O)[C@@H](NC(=O)[C@H](CO)NC(=O)[C@H](CCC(N)=O)NC(=O)[C@@H](N)CCC(N)=O)[C@@H](C)O)C(=O)O. The minimum absolute atomic E-state index is 0.0322. The number of phenolic OH excluding ortho intramolecular Hbond substituents is 1. The molecule has 0 spiro atoms. The molecule has 1 aromatic heterocycles.